The van der Waals surface area contributed by atoms with Crippen LogP contribution >= 0.6 is 0 Å². The molecule has 0 radical (unpaired) electrons. The molecule has 2 aromatic rings. The fourth-order valence-corrected chi connectivity index (χ4v) is 12.2. The maximum atomic E-state index is 12.6. The zero-order chi connectivity index (χ0) is 43.3. The fraction of sp³-hybridized carbons (Fsp3) is 0.612. The number of aromatic hydroxyl groups is 2. The van der Waals surface area contributed by atoms with E-state index in [2.05, 4.69) is 61.5 Å². The number of rotatable bonds is 9. The van der Waals surface area contributed by atoms with Gasteiger partial charge in [-0.25, -0.2) is 9.59 Å². The van der Waals surface area contributed by atoms with E-state index in [1.165, 1.54) is 103 Å². The predicted molar refractivity (Wildman–Crippen MR) is 227 cm³/mol. The molecule has 0 aromatic heterocycles. The number of hydrogen-bond donors (Lipinski definition) is 4. The van der Waals surface area contributed by atoms with Crippen LogP contribution in [0.1, 0.15) is 167 Å². The smallest absolute Gasteiger partial charge is 0.347 e. The summed E-state index contributed by atoms with van der Waals surface area (Å²) in [6, 6.07) is 2.71. The van der Waals surface area contributed by atoms with Crippen LogP contribution < -0.4 is 9.47 Å². The van der Waals surface area contributed by atoms with Crippen LogP contribution in [0.3, 0.4) is 0 Å². The van der Waals surface area contributed by atoms with Gasteiger partial charge in [0.05, 0.1) is 18.8 Å². The maximum Gasteiger partial charge on any atom is 0.347 e. The number of phenolic OH excluding ortho intramolecular Hbond substituents is 1. The molecule has 4 N–H and O–H groups in total. The number of aldehydes is 1. The maximum absolute atomic E-state index is 12.6. The lowest BCUT2D eigenvalue weighted by Gasteiger charge is -2.62. The van der Waals surface area contributed by atoms with Crippen LogP contribution in [0.2, 0.25) is 0 Å². The van der Waals surface area contributed by atoms with Gasteiger partial charge in [0, 0.05) is 5.56 Å². The third kappa shape index (κ3) is 7.50. The second-order valence-electron chi connectivity index (χ2n) is 19.5. The number of carboxylic acids is 1. The minimum atomic E-state index is -1.38. The Labute approximate surface area is 345 Å². The zero-order valence-corrected chi connectivity index (χ0v) is 37.0. The molecule has 4 aliphatic carbocycles. The molecule has 9 heteroatoms. The van der Waals surface area contributed by atoms with Crippen molar-refractivity contribution < 1.29 is 44.3 Å². The normalized spacial score (nSPS) is 28.8. The Morgan fingerprint density at radius 3 is 2.14 bits per heavy atom. The molecule has 318 valence electrons. The summed E-state index contributed by atoms with van der Waals surface area (Å²) in [5, 5.41) is 40.3. The molecule has 2 fully saturated rings. The van der Waals surface area contributed by atoms with Crippen molar-refractivity contribution in [1.82, 2.24) is 0 Å². The van der Waals surface area contributed by atoms with Crippen molar-refractivity contribution in [2.45, 2.75) is 146 Å². The van der Waals surface area contributed by atoms with Gasteiger partial charge < -0.3 is 29.9 Å². The Kier molecular flexibility index (Phi) is 12.8. The first-order valence-corrected chi connectivity index (χ1v) is 21.2. The van der Waals surface area contributed by atoms with Gasteiger partial charge in [-0.2, -0.15) is 0 Å². The number of carboxylic acid groups (broad SMARTS) is 1. The quantitative estimate of drug-likeness (QED) is 0.0841. The van der Waals surface area contributed by atoms with Crippen molar-refractivity contribution in [2.24, 2.45) is 39.4 Å². The summed E-state index contributed by atoms with van der Waals surface area (Å²) in [6.45, 7) is 24.0. The number of phenols is 2. The SMILES string of the molecule is CC(C)=CCCC(C)C1CCC2(C)C3=C(CCC12C)C1(C)CCC(O)C(C)(C)C1CC3.COc1cc(C)c(C(=O)Oc2cc(C)c(O)c(C(=O)O)c2C)c(O)c1C=O. The number of hydrogen-bond acceptors (Lipinski definition) is 8. The van der Waals surface area contributed by atoms with Gasteiger partial charge in [-0.15, -0.1) is 0 Å². The number of methoxy groups -OCH3 is 1. The molecule has 58 heavy (non-hydrogen) atoms. The summed E-state index contributed by atoms with van der Waals surface area (Å²) in [4.78, 5) is 35.2. The fourth-order valence-electron chi connectivity index (χ4n) is 12.2. The predicted octanol–water partition coefficient (Wildman–Crippen LogP) is 11.2. The van der Waals surface area contributed by atoms with Crippen LogP contribution in [0.4, 0.5) is 0 Å². The minimum absolute atomic E-state index is 0.0419. The Morgan fingerprint density at radius 2 is 1.53 bits per heavy atom. The number of carbonyl (C=O) groups is 3. The summed E-state index contributed by atoms with van der Waals surface area (Å²) in [7, 11) is 1.31. The van der Waals surface area contributed by atoms with Gasteiger partial charge in [-0.05, 0) is 162 Å². The summed E-state index contributed by atoms with van der Waals surface area (Å²) in [5.41, 5.74) is 6.10. The molecule has 0 saturated heterocycles. The van der Waals surface area contributed by atoms with Crippen LogP contribution in [0, 0.1) is 60.2 Å². The number of allylic oxidation sites excluding steroid dienone is 4. The highest BCUT2D eigenvalue weighted by atomic mass is 16.5. The highest BCUT2D eigenvalue weighted by molar-refractivity contribution is 6.00. The number of aromatic carboxylic acids is 1. The number of benzene rings is 2. The molecule has 0 aliphatic heterocycles. The second kappa shape index (κ2) is 16.5. The van der Waals surface area contributed by atoms with E-state index in [1.807, 2.05) is 11.1 Å². The van der Waals surface area contributed by atoms with E-state index in [4.69, 9.17) is 9.47 Å². The Morgan fingerprint density at radius 1 is 0.879 bits per heavy atom. The number of ether oxygens (including phenoxy) is 2. The van der Waals surface area contributed by atoms with Gasteiger partial charge in [0.1, 0.15) is 34.1 Å². The Hall–Kier alpha value is -4.11. The van der Waals surface area contributed by atoms with Crippen LogP contribution in [0.5, 0.6) is 23.0 Å². The van der Waals surface area contributed by atoms with E-state index < -0.39 is 23.4 Å². The lowest BCUT2D eigenvalue weighted by atomic mass is 9.43. The van der Waals surface area contributed by atoms with E-state index in [0.29, 0.717) is 34.0 Å². The van der Waals surface area contributed by atoms with E-state index in [-0.39, 0.29) is 50.8 Å². The average Bonchev–Trinajstić information content (AvgIpc) is 3.43. The highest BCUT2D eigenvalue weighted by Crippen LogP contribution is 2.72. The van der Waals surface area contributed by atoms with Gasteiger partial charge in [0.25, 0.3) is 0 Å². The van der Waals surface area contributed by atoms with E-state index in [0.717, 1.165) is 18.3 Å². The minimum Gasteiger partial charge on any atom is -0.507 e. The molecule has 2 saturated carbocycles. The molecule has 4 aliphatic rings. The topological polar surface area (TPSA) is 151 Å². The summed E-state index contributed by atoms with van der Waals surface area (Å²) >= 11 is 0. The summed E-state index contributed by atoms with van der Waals surface area (Å²) < 4.78 is 10.3. The van der Waals surface area contributed by atoms with Crippen molar-refractivity contribution >= 4 is 18.2 Å². The highest BCUT2D eigenvalue weighted by Gasteiger charge is 2.63. The van der Waals surface area contributed by atoms with E-state index in [1.54, 1.807) is 0 Å². The molecule has 7 unspecified atom stereocenters. The average molecular weight is 801 g/mol. The Bertz CT molecular complexity index is 2020. The van der Waals surface area contributed by atoms with Crippen LogP contribution in [0.25, 0.3) is 0 Å². The number of aryl methyl sites for hydroxylation is 2. The summed E-state index contributed by atoms with van der Waals surface area (Å²) in [5.74, 6) is -1.05. The number of fused-ring (bicyclic) bond motifs is 4. The molecule has 0 spiro atoms. The van der Waals surface area contributed by atoms with Crippen molar-refractivity contribution in [3.8, 4) is 23.0 Å². The molecule has 0 amide bonds. The lowest BCUT2D eigenvalue weighted by Crippen LogP contribution is -2.55. The van der Waals surface area contributed by atoms with Crippen LogP contribution in [0.15, 0.2) is 34.9 Å². The molecular weight excluding hydrogens is 733 g/mol. The summed E-state index contributed by atoms with van der Waals surface area (Å²) in [6.07, 6.45) is 15.5. The van der Waals surface area contributed by atoms with Gasteiger partial charge in [-0.3, -0.25) is 4.79 Å². The molecule has 6 rings (SSSR count). The van der Waals surface area contributed by atoms with Gasteiger partial charge in [0.15, 0.2) is 6.29 Å². The van der Waals surface area contributed by atoms with Crippen molar-refractivity contribution in [1.29, 1.82) is 0 Å². The van der Waals surface area contributed by atoms with E-state index >= 15 is 0 Å². The standard InChI is InChI=1S/C30H50O.C19H18O8/c1-20(2)10-9-11-21(3)22-14-18-30(8)24-12-13-25-27(4,5)26(31)16-17-28(25,6)23(24)15-19-29(22,30)7;1-8-5-13(26-4)11(7-20)17(22)14(8)19(25)27-12-6-9(2)16(21)15(10(12)3)18(23)24/h10,21-22,25-26,31H,9,11-19H2,1-8H3;5-7,21-22H,1-4H3,(H,23,24). The Balaban J connectivity index is 0.000000223. The number of esters is 1. The number of aliphatic hydroxyl groups excluding tert-OH is 1. The third-order valence-electron chi connectivity index (χ3n) is 15.8. The monoisotopic (exact) mass is 800 g/mol. The third-order valence-corrected chi connectivity index (χ3v) is 15.8. The first-order chi connectivity index (χ1) is 27.0. The van der Waals surface area contributed by atoms with Crippen molar-refractivity contribution in [3.63, 3.8) is 0 Å². The number of carbonyl (C=O) groups excluding carboxylic acids is 2. The first-order valence-electron chi connectivity index (χ1n) is 21.2. The van der Waals surface area contributed by atoms with Crippen LogP contribution in [-0.2, 0) is 0 Å². The van der Waals surface area contributed by atoms with Gasteiger partial charge >= 0.3 is 11.9 Å². The largest absolute Gasteiger partial charge is 0.507 e. The van der Waals surface area contributed by atoms with Gasteiger partial charge in [-0.1, -0.05) is 64.3 Å². The number of aliphatic hydroxyl groups is 1. The molecule has 9 nitrogen and oxygen atoms in total. The second-order valence-corrected chi connectivity index (χ2v) is 19.5. The zero-order valence-electron chi connectivity index (χ0n) is 37.0. The molecule has 0 bridgehead atoms. The lowest BCUT2D eigenvalue weighted by molar-refractivity contribution is -0.0962. The molecule has 7 atom stereocenters. The van der Waals surface area contributed by atoms with Crippen molar-refractivity contribution in [3.05, 3.63) is 68.3 Å². The van der Waals surface area contributed by atoms with E-state index in [9.17, 15) is 34.8 Å². The molecule has 2 aromatic carbocycles. The van der Waals surface area contributed by atoms with Crippen LogP contribution in [-0.4, -0.2) is 51.9 Å². The molecule has 0 heterocycles. The first kappa shape index (κ1) is 45.0. The van der Waals surface area contributed by atoms with Gasteiger partial charge in [0.2, 0.25) is 0 Å². The van der Waals surface area contributed by atoms with Crippen molar-refractivity contribution in [2.75, 3.05) is 7.11 Å². The molecular formula is C49H68O9.